The van der Waals surface area contributed by atoms with E-state index >= 15 is 0 Å². The first-order valence-electron chi connectivity index (χ1n) is 3.93. The first-order valence-corrected chi connectivity index (χ1v) is 6.49. The van der Waals surface area contributed by atoms with Crippen LogP contribution >= 0.6 is 35.7 Å². The SMILES string of the molecule is O=C(O)C1CSC2CSC(C=S)N21. The van der Waals surface area contributed by atoms with Gasteiger partial charge in [-0.1, -0.05) is 12.2 Å². The van der Waals surface area contributed by atoms with Crippen LogP contribution in [0, 0.1) is 0 Å². The molecule has 0 aromatic rings. The van der Waals surface area contributed by atoms with E-state index in [4.69, 9.17) is 17.3 Å². The van der Waals surface area contributed by atoms with Crippen molar-refractivity contribution in [2.24, 2.45) is 0 Å². The first kappa shape index (κ1) is 9.76. The van der Waals surface area contributed by atoms with Crippen molar-refractivity contribution in [3.05, 3.63) is 0 Å². The summed E-state index contributed by atoms with van der Waals surface area (Å²) >= 11 is 8.35. The molecule has 2 aliphatic heterocycles. The minimum absolute atomic E-state index is 0.121. The number of carbonyl (C=O) groups is 1. The van der Waals surface area contributed by atoms with Crippen LogP contribution < -0.4 is 0 Å². The van der Waals surface area contributed by atoms with Crippen molar-refractivity contribution in [2.45, 2.75) is 16.8 Å². The van der Waals surface area contributed by atoms with Gasteiger partial charge in [0.05, 0.1) is 10.7 Å². The van der Waals surface area contributed by atoms with Crippen molar-refractivity contribution in [2.75, 3.05) is 11.5 Å². The number of carboxylic acids is 1. The highest BCUT2D eigenvalue weighted by Crippen LogP contribution is 2.41. The van der Waals surface area contributed by atoms with Gasteiger partial charge in [-0.2, -0.15) is 0 Å². The minimum atomic E-state index is -0.723. The Morgan fingerprint density at radius 2 is 2.31 bits per heavy atom. The zero-order valence-electron chi connectivity index (χ0n) is 6.75. The summed E-state index contributed by atoms with van der Waals surface area (Å²) in [7, 11) is 0. The van der Waals surface area contributed by atoms with E-state index < -0.39 is 5.97 Å². The zero-order chi connectivity index (χ0) is 9.42. The lowest BCUT2D eigenvalue weighted by Gasteiger charge is -2.23. The molecule has 3 unspecified atom stereocenters. The van der Waals surface area contributed by atoms with E-state index in [0.29, 0.717) is 11.1 Å². The fraction of sp³-hybridized carbons (Fsp3) is 0.714. The fourth-order valence-electron chi connectivity index (χ4n) is 1.63. The van der Waals surface area contributed by atoms with Gasteiger partial charge in [0.15, 0.2) is 0 Å². The van der Waals surface area contributed by atoms with Gasteiger partial charge in [0.1, 0.15) is 6.04 Å². The highest BCUT2D eigenvalue weighted by molar-refractivity contribution is 8.05. The molecule has 0 amide bonds. The predicted octanol–water partition coefficient (Wildman–Crippen LogP) is 0.887. The molecule has 72 valence electrons. The predicted molar refractivity (Wildman–Crippen MR) is 59.4 cm³/mol. The average molecular weight is 235 g/mol. The number of rotatable bonds is 2. The second-order valence-electron chi connectivity index (χ2n) is 2.95. The third kappa shape index (κ3) is 1.60. The van der Waals surface area contributed by atoms with Crippen LogP contribution in [0.1, 0.15) is 0 Å². The smallest absolute Gasteiger partial charge is 0.321 e. The van der Waals surface area contributed by atoms with Crippen molar-refractivity contribution in [3.63, 3.8) is 0 Å². The van der Waals surface area contributed by atoms with Crippen LogP contribution in [0.25, 0.3) is 0 Å². The monoisotopic (exact) mass is 235 g/mol. The molecule has 0 spiro atoms. The maximum atomic E-state index is 10.9. The van der Waals surface area contributed by atoms with Crippen molar-refractivity contribution >= 4 is 47.1 Å². The standard InChI is InChI=1S/C7H9NO2S3/c9-7(10)4-2-12-6-3-13-5(1-11)8(4)6/h1,4-6H,2-3H2,(H,9,10). The number of thiocarbonyl (C=S) groups is 1. The second kappa shape index (κ2) is 3.76. The van der Waals surface area contributed by atoms with Crippen LogP contribution in [0.3, 0.4) is 0 Å². The number of fused-ring (bicyclic) bond motifs is 1. The van der Waals surface area contributed by atoms with E-state index in [1.807, 2.05) is 4.90 Å². The molecule has 1 N–H and O–H groups in total. The summed E-state index contributed by atoms with van der Waals surface area (Å²) in [4.78, 5) is 12.9. The summed E-state index contributed by atoms with van der Waals surface area (Å²) in [5.74, 6) is 0.964. The molecule has 3 nitrogen and oxygen atoms in total. The molecule has 0 bridgehead atoms. The maximum absolute atomic E-state index is 10.9. The number of nitrogens with zero attached hydrogens (tertiary/aromatic N) is 1. The van der Waals surface area contributed by atoms with Gasteiger partial charge in [-0.05, 0) is 0 Å². The van der Waals surface area contributed by atoms with Crippen LogP contribution in [-0.4, -0.2) is 49.6 Å². The summed E-state index contributed by atoms with van der Waals surface area (Å²) < 4.78 is 0. The van der Waals surface area contributed by atoms with Crippen LogP contribution in [0.2, 0.25) is 0 Å². The Bertz CT molecular complexity index is 248. The van der Waals surface area contributed by atoms with E-state index in [9.17, 15) is 4.79 Å². The lowest BCUT2D eigenvalue weighted by atomic mass is 10.3. The second-order valence-corrected chi connectivity index (χ2v) is 5.58. The quantitative estimate of drug-likeness (QED) is 0.717. The van der Waals surface area contributed by atoms with Crippen molar-refractivity contribution in [1.29, 1.82) is 0 Å². The molecule has 0 saturated carbocycles. The maximum Gasteiger partial charge on any atom is 0.321 e. The minimum Gasteiger partial charge on any atom is -0.480 e. The van der Waals surface area contributed by atoms with Gasteiger partial charge in [0.2, 0.25) is 0 Å². The van der Waals surface area contributed by atoms with E-state index in [2.05, 4.69) is 0 Å². The molecule has 6 heteroatoms. The van der Waals surface area contributed by atoms with Gasteiger partial charge in [-0.25, -0.2) is 0 Å². The molecule has 2 rings (SSSR count). The molecule has 3 atom stereocenters. The molecule has 0 aromatic heterocycles. The van der Waals surface area contributed by atoms with Gasteiger partial charge in [-0.3, -0.25) is 9.69 Å². The molecule has 2 saturated heterocycles. The Labute approximate surface area is 90.2 Å². The van der Waals surface area contributed by atoms with E-state index in [1.165, 1.54) is 0 Å². The molecule has 0 aliphatic carbocycles. The Balaban J connectivity index is 2.17. The summed E-state index contributed by atoms with van der Waals surface area (Å²) in [6, 6.07) is -0.339. The van der Waals surface area contributed by atoms with Crippen molar-refractivity contribution < 1.29 is 9.90 Å². The normalized spacial score (nSPS) is 38.9. The van der Waals surface area contributed by atoms with Gasteiger partial charge in [0, 0.05) is 16.9 Å². The molecular weight excluding hydrogens is 226 g/mol. The van der Waals surface area contributed by atoms with Crippen LogP contribution in [0.4, 0.5) is 0 Å². The number of hydrogen-bond donors (Lipinski definition) is 1. The number of carboxylic acid groups (broad SMARTS) is 1. The molecule has 0 aromatic carbocycles. The molecule has 13 heavy (non-hydrogen) atoms. The van der Waals surface area contributed by atoms with Crippen molar-refractivity contribution in [3.8, 4) is 0 Å². The molecule has 0 radical (unpaired) electrons. The Hall–Kier alpha value is 0.220. The first-order chi connectivity index (χ1) is 6.24. The number of aliphatic carboxylic acids is 1. The molecule has 2 fully saturated rings. The molecular formula is C7H9NO2S3. The topological polar surface area (TPSA) is 40.5 Å². The van der Waals surface area contributed by atoms with Crippen LogP contribution in [0.5, 0.6) is 0 Å². The van der Waals surface area contributed by atoms with Crippen LogP contribution in [0.15, 0.2) is 0 Å². The summed E-state index contributed by atoms with van der Waals surface area (Å²) in [6.45, 7) is 0. The lowest BCUT2D eigenvalue weighted by Crippen LogP contribution is -2.43. The number of thioether (sulfide) groups is 2. The summed E-state index contributed by atoms with van der Waals surface area (Å²) in [6.07, 6.45) is 0. The highest BCUT2D eigenvalue weighted by atomic mass is 32.2. The molecule has 2 aliphatic rings. The van der Waals surface area contributed by atoms with Gasteiger partial charge in [-0.15, -0.1) is 23.5 Å². The Morgan fingerprint density at radius 3 is 2.92 bits per heavy atom. The van der Waals surface area contributed by atoms with E-state index in [1.54, 1.807) is 28.9 Å². The lowest BCUT2D eigenvalue weighted by molar-refractivity contribution is -0.141. The van der Waals surface area contributed by atoms with Gasteiger partial charge >= 0.3 is 5.97 Å². The Kier molecular flexibility index (Phi) is 2.83. The number of hydrogen-bond acceptors (Lipinski definition) is 5. The zero-order valence-corrected chi connectivity index (χ0v) is 9.20. The largest absolute Gasteiger partial charge is 0.480 e. The summed E-state index contributed by atoms with van der Waals surface area (Å²) in [5, 5.41) is 11.1. The van der Waals surface area contributed by atoms with Crippen LogP contribution in [-0.2, 0) is 4.79 Å². The third-order valence-electron chi connectivity index (χ3n) is 2.24. The van der Waals surface area contributed by atoms with E-state index in [-0.39, 0.29) is 11.4 Å². The third-order valence-corrected chi connectivity index (χ3v) is 5.42. The van der Waals surface area contributed by atoms with E-state index in [0.717, 1.165) is 5.75 Å². The Morgan fingerprint density at radius 1 is 1.54 bits per heavy atom. The van der Waals surface area contributed by atoms with Crippen molar-refractivity contribution in [1.82, 2.24) is 4.90 Å². The van der Waals surface area contributed by atoms with Gasteiger partial charge < -0.3 is 5.11 Å². The summed E-state index contributed by atoms with van der Waals surface area (Å²) in [5.41, 5.74) is 0. The van der Waals surface area contributed by atoms with Gasteiger partial charge in [0.25, 0.3) is 0 Å². The molecule has 2 heterocycles. The highest BCUT2D eigenvalue weighted by Gasteiger charge is 2.46. The average Bonchev–Trinajstić information content (AvgIpc) is 2.61. The fourth-order valence-corrected chi connectivity index (χ4v) is 4.95.